The number of rotatable bonds is 7. The lowest BCUT2D eigenvalue weighted by atomic mass is 10.0. The van der Waals surface area contributed by atoms with E-state index < -0.39 is 6.10 Å². The van der Waals surface area contributed by atoms with Crippen molar-refractivity contribution in [2.75, 3.05) is 7.11 Å². The number of nitrogens with one attached hydrogen (secondary N) is 1. The molecule has 0 saturated heterocycles. The minimum absolute atomic E-state index is 0.00686. The van der Waals surface area contributed by atoms with Crippen LogP contribution >= 0.6 is 0 Å². The SMILES string of the molecule is CCC(NC(=O)CCC(C)O)c1ccc(OC)cc1. The average molecular weight is 265 g/mol. The van der Waals surface area contributed by atoms with Crippen LogP contribution in [0.4, 0.5) is 0 Å². The van der Waals surface area contributed by atoms with E-state index >= 15 is 0 Å². The van der Waals surface area contributed by atoms with Gasteiger partial charge >= 0.3 is 0 Å². The zero-order chi connectivity index (χ0) is 14.3. The van der Waals surface area contributed by atoms with E-state index in [9.17, 15) is 9.90 Å². The molecule has 0 fully saturated rings. The topological polar surface area (TPSA) is 58.6 Å². The predicted octanol–water partition coefficient (Wildman–Crippen LogP) is 2.42. The molecule has 0 aliphatic rings. The first-order valence-corrected chi connectivity index (χ1v) is 6.68. The lowest BCUT2D eigenvalue weighted by molar-refractivity contribution is -0.122. The Balaban J connectivity index is 2.59. The molecule has 4 nitrogen and oxygen atoms in total. The van der Waals surface area contributed by atoms with Crippen molar-refractivity contribution in [2.24, 2.45) is 0 Å². The number of carbonyl (C=O) groups is 1. The van der Waals surface area contributed by atoms with E-state index in [2.05, 4.69) is 5.32 Å². The molecule has 2 atom stereocenters. The molecule has 0 aliphatic heterocycles. The van der Waals surface area contributed by atoms with Crippen molar-refractivity contribution in [1.29, 1.82) is 0 Å². The van der Waals surface area contributed by atoms with Crippen LogP contribution in [0.2, 0.25) is 0 Å². The second-order valence-electron chi connectivity index (χ2n) is 4.69. The van der Waals surface area contributed by atoms with E-state index in [4.69, 9.17) is 4.74 Å². The minimum atomic E-state index is -0.438. The van der Waals surface area contributed by atoms with Crippen LogP contribution in [0.5, 0.6) is 5.75 Å². The van der Waals surface area contributed by atoms with Crippen LogP contribution in [0.15, 0.2) is 24.3 Å². The first-order valence-electron chi connectivity index (χ1n) is 6.68. The van der Waals surface area contributed by atoms with Gasteiger partial charge in [0.25, 0.3) is 0 Å². The fraction of sp³-hybridized carbons (Fsp3) is 0.533. The maximum Gasteiger partial charge on any atom is 0.220 e. The smallest absolute Gasteiger partial charge is 0.220 e. The monoisotopic (exact) mass is 265 g/mol. The summed E-state index contributed by atoms with van der Waals surface area (Å²) >= 11 is 0. The summed E-state index contributed by atoms with van der Waals surface area (Å²) in [6, 6.07) is 7.71. The summed E-state index contributed by atoms with van der Waals surface area (Å²) in [6.07, 6.45) is 1.23. The zero-order valence-electron chi connectivity index (χ0n) is 11.8. The molecule has 1 aromatic carbocycles. The largest absolute Gasteiger partial charge is 0.497 e. The molecule has 0 aromatic heterocycles. The van der Waals surface area contributed by atoms with Gasteiger partial charge in [0, 0.05) is 6.42 Å². The van der Waals surface area contributed by atoms with Crippen LogP contribution in [0, 0.1) is 0 Å². The number of methoxy groups -OCH3 is 1. The van der Waals surface area contributed by atoms with Gasteiger partial charge in [0.05, 0.1) is 19.3 Å². The van der Waals surface area contributed by atoms with Crippen molar-refractivity contribution in [3.05, 3.63) is 29.8 Å². The molecule has 0 saturated carbocycles. The van der Waals surface area contributed by atoms with Crippen molar-refractivity contribution < 1.29 is 14.6 Å². The molecular weight excluding hydrogens is 242 g/mol. The highest BCUT2D eigenvalue weighted by Crippen LogP contribution is 2.20. The van der Waals surface area contributed by atoms with E-state index in [1.54, 1.807) is 14.0 Å². The maximum atomic E-state index is 11.8. The molecule has 0 radical (unpaired) electrons. The molecule has 2 N–H and O–H groups in total. The number of hydrogen-bond acceptors (Lipinski definition) is 3. The number of aliphatic hydroxyl groups excluding tert-OH is 1. The van der Waals surface area contributed by atoms with Gasteiger partial charge in [-0.1, -0.05) is 19.1 Å². The third-order valence-corrected chi connectivity index (χ3v) is 3.05. The Labute approximate surface area is 114 Å². The van der Waals surface area contributed by atoms with Crippen molar-refractivity contribution in [3.8, 4) is 5.75 Å². The standard InChI is InChI=1S/C15H23NO3/c1-4-14(16-15(18)10-5-11(2)17)12-6-8-13(19-3)9-7-12/h6-9,11,14,17H,4-5,10H2,1-3H3,(H,16,18). The van der Waals surface area contributed by atoms with E-state index in [-0.39, 0.29) is 11.9 Å². The summed E-state index contributed by atoms with van der Waals surface area (Å²) in [5.41, 5.74) is 1.06. The fourth-order valence-electron chi connectivity index (χ4n) is 1.86. The number of aliphatic hydroxyl groups is 1. The predicted molar refractivity (Wildman–Crippen MR) is 75.1 cm³/mol. The average Bonchev–Trinajstić information content (AvgIpc) is 2.42. The molecular formula is C15H23NO3. The third kappa shape index (κ3) is 5.30. The lowest BCUT2D eigenvalue weighted by Gasteiger charge is -2.18. The maximum absolute atomic E-state index is 11.8. The second-order valence-corrected chi connectivity index (χ2v) is 4.69. The quantitative estimate of drug-likeness (QED) is 0.796. The van der Waals surface area contributed by atoms with Crippen LogP contribution in [0.1, 0.15) is 44.7 Å². The summed E-state index contributed by atoms with van der Waals surface area (Å²) < 4.78 is 5.11. The summed E-state index contributed by atoms with van der Waals surface area (Å²) in [6.45, 7) is 3.72. The van der Waals surface area contributed by atoms with Crippen LogP contribution < -0.4 is 10.1 Å². The molecule has 0 spiro atoms. The van der Waals surface area contributed by atoms with Crippen LogP contribution in [-0.2, 0) is 4.79 Å². The molecule has 106 valence electrons. The van der Waals surface area contributed by atoms with Gasteiger partial charge < -0.3 is 15.2 Å². The molecule has 2 unspecified atom stereocenters. The highest BCUT2D eigenvalue weighted by molar-refractivity contribution is 5.76. The molecule has 0 heterocycles. The first kappa shape index (κ1) is 15.5. The Kier molecular flexibility index (Phi) is 6.36. The highest BCUT2D eigenvalue weighted by atomic mass is 16.5. The van der Waals surface area contributed by atoms with Gasteiger partial charge in [-0.25, -0.2) is 0 Å². The molecule has 0 aliphatic carbocycles. The molecule has 1 amide bonds. The van der Waals surface area contributed by atoms with Gasteiger partial charge in [0.2, 0.25) is 5.91 Å². The van der Waals surface area contributed by atoms with Gasteiger partial charge in [-0.15, -0.1) is 0 Å². The summed E-state index contributed by atoms with van der Waals surface area (Å²) in [5, 5.41) is 12.2. The number of hydrogen-bond donors (Lipinski definition) is 2. The van der Waals surface area contributed by atoms with Gasteiger partial charge in [0.1, 0.15) is 5.75 Å². The van der Waals surface area contributed by atoms with Crippen LogP contribution in [0.3, 0.4) is 0 Å². The molecule has 1 aromatic rings. The van der Waals surface area contributed by atoms with Crippen molar-refractivity contribution in [3.63, 3.8) is 0 Å². The van der Waals surface area contributed by atoms with Gasteiger partial charge in [0.15, 0.2) is 0 Å². The number of amides is 1. The fourth-order valence-corrected chi connectivity index (χ4v) is 1.86. The molecule has 0 bridgehead atoms. The first-order chi connectivity index (χ1) is 9.06. The third-order valence-electron chi connectivity index (χ3n) is 3.05. The molecule has 1 rings (SSSR count). The minimum Gasteiger partial charge on any atom is -0.497 e. The summed E-state index contributed by atoms with van der Waals surface area (Å²) in [5.74, 6) is 0.780. The van der Waals surface area contributed by atoms with E-state index in [1.165, 1.54) is 0 Å². The lowest BCUT2D eigenvalue weighted by Crippen LogP contribution is -2.28. The number of carbonyl (C=O) groups excluding carboxylic acids is 1. The van der Waals surface area contributed by atoms with Crippen molar-refractivity contribution in [1.82, 2.24) is 5.32 Å². The van der Waals surface area contributed by atoms with Crippen molar-refractivity contribution in [2.45, 2.75) is 45.3 Å². The van der Waals surface area contributed by atoms with E-state index in [0.29, 0.717) is 12.8 Å². The highest BCUT2D eigenvalue weighted by Gasteiger charge is 2.13. The van der Waals surface area contributed by atoms with Crippen LogP contribution in [-0.4, -0.2) is 24.2 Å². The van der Waals surface area contributed by atoms with E-state index in [1.807, 2.05) is 31.2 Å². The van der Waals surface area contributed by atoms with Gasteiger partial charge in [-0.05, 0) is 37.5 Å². The Morgan fingerprint density at radius 3 is 2.47 bits per heavy atom. The molecule has 19 heavy (non-hydrogen) atoms. The Morgan fingerprint density at radius 1 is 1.37 bits per heavy atom. The number of benzene rings is 1. The van der Waals surface area contributed by atoms with Gasteiger partial charge in [-0.3, -0.25) is 4.79 Å². The zero-order valence-corrected chi connectivity index (χ0v) is 11.8. The van der Waals surface area contributed by atoms with Crippen LogP contribution in [0.25, 0.3) is 0 Å². The van der Waals surface area contributed by atoms with Gasteiger partial charge in [-0.2, -0.15) is 0 Å². The second kappa shape index (κ2) is 7.79. The summed E-state index contributed by atoms with van der Waals surface area (Å²) in [7, 11) is 1.63. The Morgan fingerprint density at radius 2 is 2.00 bits per heavy atom. The number of ether oxygens (including phenoxy) is 1. The van der Waals surface area contributed by atoms with Crippen molar-refractivity contribution >= 4 is 5.91 Å². The van der Waals surface area contributed by atoms with E-state index in [0.717, 1.165) is 17.7 Å². The normalized spacial score (nSPS) is 13.7. The summed E-state index contributed by atoms with van der Waals surface area (Å²) in [4.78, 5) is 11.8. The molecule has 4 heteroatoms. The Hall–Kier alpha value is -1.55. The Bertz CT molecular complexity index is 387.